The maximum atomic E-state index is 5.99. The van der Waals surface area contributed by atoms with Crippen molar-refractivity contribution in [2.45, 2.75) is 38.6 Å². The number of hydrogen-bond donors (Lipinski definition) is 1. The number of benzene rings is 2. The second kappa shape index (κ2) is 12.8. The van der Waals surface area contributed by atoms with Crippen molar-refractivity contribution < 1.29 is 9.47 Å². The minimum absolute atomic E-state index is 0. The molecule has 3 rings (SSSR count). The van der Waals surface area contributed by atoms with Crippen LogP contribution in [0.2, 0.25) is 0 Å². The summed E-state index contributed by atoms with van der Waals surface area (Å²) in [4.78, 5) is 6.72. The molecule has 29 heavy (non-hydrogen) atoms. The summed E-state index contributed by atoms with van der Waals surface area (Å²) in [5.74, 6) is 0.885. The van der Waals surface area contributed by atoms with E-state index in [0.717, 1.165) is 38.6 Å². The molecule has 1 fully saturated rings. The van der Waals surface area contributed by atoms with Gasteiger partial charge in [-0.3, -0.25) is 0 Å². The van der Waals surface area contributed by atoms with Crippen LogP contribution < -0.4 is 5.32 Å². The van der Waals surface area contributed by atoms with Crippen LogP contribution >= 0.6 is 24.0 Å². The smallest absolute Gasteiger partial charge is 0.194 e. The van der Waals surface area contributed by atoms with Crippen molar-refractivity contribution in [1.29, 1.82) is 0 Å². The topological polar surface area (TPSA) is 46.1 Å². The Morgan fingerprint density at radius 2 is 1.66 bits per heavy atom. The fraction of sp³-hybridized carbons (Fsp3) is 0.435. The molecule has 1 aliphatic heterocycles. The average molecular weight is 509 g/mol. The number of guanidine groups is 1. The number of rotatable bonds is 7. The van der Waals surface area contributed by atoms with Crippen LogP contribution in [0.1, 0.15) is 29.5 Å². The predicted molar refractivity (Wildman–Crippen MR) is 129 cm³/mol. The highest BCUT2D eigenvalue weighted by atomic mass is 127. The van der Waals surface area contributed by atoms with Crippen molar-refractivity contribution in [3.8, 4) is 0 Å². The molecule has 158 valence electrons. The lowest BCUT2D eigenvalue weighted by Crippen LogP contribution is -2.36. The first-order chi connectivity index (χ1) is 13.7. The monoisotopic (exact) mass is 509 g/mol. The van der Waals surface area contributed by atoms with Crippen LogP contribution in [-0.4, -0.2) is 44.3 Å². The standard InChI is InChI=1S/C23H31N3O2.HI/c1-26(2)23(24-16-19-6-4-3-5-7-19)25-17-20-8-10-21(11-9-20)18-28-22-12-14-27-15-13-22;/h3-11,22H,12-18H2,1-2H3,(H,24,25);1H. The quantitative estimate of drug-likeness (QED) is 0.345. The van der Waals surface area contributed by atoms with Crippen LogP contribution in [0.3, 0.4) is 0 Å². The minimum Gasteiger partial charge on any atom is -0.381 e. The number of ether oxygens (including phenoxy) is 2. The molecule has 0 saturated carbocycles. The van der Waals surface area contributed by atoms with E-state index < -0.39 is 0 Å². The van der Waals surface area contributed by atoms with Gasteiger partial charge in [0.05, 0.1) is 19.3 Å². The highest BCUT2D eigenvalue weighted by Crippen LogP contribution is 2.14. The van der Waals surface area contributed by atoms with E-state index in [0.29, 0.717) is 19.3 Å². The minimum atomic E-state index is 0. The van der Waals surface area contributed by atoms with Crippen molar-refractivity contribution in [1.82, 2.24) is 10.2 Å². The molecule has 0 unspecified atom stereocenters. The molecule has 1 saturated heterocycles. The third kappa shape index (κ3) is 8.32. The van der Waals surface area contributed by atoms with Crippen LogP contribution in [0.15, 0.2) is 59.6 Å². The summed E-state index contributed by atoms with van der Waals surface area (Å²) in [7, 11) is 4.02. The first kappa shape index (κ1) is 23.6. The Bertz CT molecular complexity index is 730. The summed E-state index contributed by atoms with van der Waals surface area (Å²) in [5.41, 5.74) is 3.64. The first-order valence-electron chi connectivity index (χ1n) is 9.97. The van der Waals surface area contributed by atoms with E-state index in [1.165, 1.54) is 16.7 Å². The third-order valence-electron chi connectivity index (χ3n) is 4.81. The van der Waals surface area contributed by atoms with Gasteiger partial charge in [0.15, 0.2) is 5.96 Å². The molecule has 1 N–H and O–H groups in total. The molecule has 0 bridgehead atoms. The molecule has 2 aromatic carbocycles. The van der Waals surface area contributed by atoms with Crippen LogP contribution in [0, 0.1) is 0 Å². The molecule has 0 atom stereocenters. The van der Waals surface area contributed by atoms with Gasteiger partial charge in [0.2, 0.25) is 0 Å². The highest BCUT2D eigenvalue weighted by molar-refractivity contribution is 14.0. The van der Waals surface area contributed by atoms with Crippen LogP contribution in [0.4, 0.5) is 0 Å². The highest BCUT2D eigenvalue weighted by Gasteiger charge is 2.13. The molecule has 5 nitrogen and oxygen atoms in total. The molecular weight excluding hydrogens is 477 g/mol. The van der Waals surface area contributed by atoms with Gasteiger partial charge < -0.3 is 19.7 Å². The maximum absolute atomic E-state index is 5.99. The number of halogens is 1. The van der Waals surface area contributed by atoms with Gasteiger partial charge in [0.25, 0.3) is 0 Å². The fourth-order valence-corrected chi connectivity index (χ4v) is 3.10. The average Bonchev–Trinajstić information content (AvgIpc) is 2.74. The summed E-state index contributed by atoms with van der Waals surface area (Å²) in [5, 5.41) is 3.44. The SMILES string of the molecule is CN(C)C(=NCc1ccccc1)NCc1ccc(COC2CCOCC2)cc1.I. The van der Waals surface area contributed by atoms with Crippen molar-refractivity contribution in [2.24, 2.45) is 4.99 Å². The molecule has 0 aromatic heterocycles. The van der Waals surface area contributed by atoms with Crippen molar-refractivity contribution in [3.05, 3.63) is 71.3 Å². The van der Waals surface area contributed by atoms with Gasteiger partial charge in [0, 0.05) is 33.9 Å². The molecule has 0 radical (unpaired) electrons. The van der Waals surface area contributed by atoms with Gasteiger partial charge in [0.1, 0.15) is 0 Å². The summed E-state index contributed by atoms with van der Waals surface area (Å²) in [6.07, 6.45) is 2.33. The molecule has 1 heterocycles. The molecule has 2 aromatic rings. The second-order valence-electron chi connectivity index (χ2n) is 7.31. The Kier molecular flexibility index (Phi) is 10.5. The molecule has 6 heteroatoms. The zero-order chi connectivity index (χ0) is 19.6. The van der Waals surface area contributed by atoms with E-state index in [-0.39, 0.29) is 24.0 Å². The van der Waals surface area contributed by atoms with E-state index in [1.807, 2.05) is 37.2 Å². The van der Waals surface area contributed by atoms with Gasteiger partial charge in [-0.25, -0.2) is 4.99 Å². The normalized spacial score (nSPS) is 14.9. The maximum Gasteiger partial charge on any atom is 0.194 e. The number of aliphatic imine (C=N–C) groups is 1. The van der Waals surface area contributed by atoms with E-state index in [1.54, 1.807) is 0 Å². The fourth-order valence-electron chi connectivity index (χ4n) is 3.10. The van der Waals surface area contributed by atoms with E-state index in [9.17, 15) is 0 Å². The van der Waals surface area contributed by atoms with E-state index in [4.69, 9.17) is 14.5 Å². The molecule has 0 amide bonds. The third-order valence-corrected chi connectivity index (χ3v) is 4.81. The summed E-state index contributed by atoms with van der Waals surface area (Å²) < 4.78 is 11.4. The Hall–Kier alpha value is -1.64. The number of nitrogens with zero attached hydrogens (tertiary/aromatic N) is 2. The second-order valence-corrected chi connectivity index (χ2v) is 7.31. The molecule has 0 spiro atoms. The van der Waals surface area contributed by atoms with E-state index in [2.05, 4.69) is 41.7 Å². The van der Waals surface area contributed by atoms with Gasteiger partial charge in [-0.1, -0.05) is 54.6 Å². The van der Waals surface area contributed by atoms with E-state index >= 15 is 0 Å². The largest absolute Gasteiger partial charge is 0.381 e. The zero-order valence-corrected chi connectivity index (χ0v) is 19.7. The predicted octanol–water partition coefficient (Wildman–Crippen LogP) is 4.21. The van der Waals surface area contributed by atoms with Crippen molar-refractivity contribution >= 4 is 29.9 Å². The van der Waals surface area contributed by atoms with Gasteiger partial charge in [-0.2, -0.15) is 0 Å². The lowest BCUT2D eigenvalue weighted by Gasteiger charge is -2.22. The van der Waals surface area contributed by atoms with Crippen molar-refractivity contribution in [2.75, 3.05) is 27.3 Å². The molecular formula is C23H32IN3O2. The first-order valence-corrected chi connectivity index (χ1v) is 9.97. The van der Waals surface area contributed by atoms with Crippen LogP contribution in [-0.2, 0) is 29.2 Å². The van der Waals surface area contributed by atoms with Crippen molar-refractivity contribution in [3.63, 3.8) is 0 Å². The van der Waals surface area contributed by atoms with Crippen LogP contribution in [0.25, 0.3) is 0 Å². The Labute approximate surface area is 191 Å². The number of hydrogen-bond acceptors (Lipinski definition) is 3. The van der Waals surface area contributed by atoms with Gasteiger partial charge in [-0.15, -0.1) is 24.0 Å². The van der Waals surface area contributed by atoms with Gasteiger partial charge >= 0.3 is 0 Å². The summed E-state index contributed by atoms with van der Waals surface area (Å²) in [6, 6.07) is 18.9. The lowest BCUT2D eigenvalue weighted by atomic mass is 10.1. The Morgan fingerprint density at radius 3 is 2.31 bits per heavy atom. The zero-order valence-electron chi connectivity index (χ0n) is 17.3. The lowest BCUT2D eigenvalue weighted by molar-refractivity contribution is -0.0390. The molecule has 1 aliphatic rings. The van der Waals surface area contributed by atoms with Crippen LogP contribution in [0.5, 0.6) is 0 Å². The Morgan fingerprint density at radius 1 is 1.00 bits per heavy atom. The summed E-state index contributed by atoms with van der Waals surface area (Å²) >= 11 is 0. The van der Waals surface area contributed by atoms with Gasteiger partial charge in [-0.05, 0) is 29.5 Å². The molecule has 0 aliphatic carbocycles. The number of nitrogens with one attached hydrogen (secondary N) is 1. The summed E-state index contributed by atoms with van der Waals surface area (Å²) in [6.45, 7) is 3.71. The Balaban J connectivity index is 0.00000300.